The molecular weight excluding hydrogens is 251 g/mol. The van der Waals surface area contributed by atoms with Gasteiger partial charge in [0, 0.05) is 6.20 Å². The lowest BCUT2D eigenvalue weighted by Gasteiger charge is -2.19. The highest BCUT2D eigenvalue weighted by molar-refractivity contribution is 6.43. The van der Waals surface area contributed by atoms with E-state index in [4.69, 9.17) is 27.9 Å². The van der Waals surface area contributed by atoms with Crippen LogP contribution in [0.15, 0.2) is 12.3 Å². The molecule has 4 nitrogen and oxygen atoms in total. The Kier molecular flexibility index (Phi) is 3.99. The number of nitrogens with one attached hydrogen (secondary N) is 1. The summed E-state index contributed by atoms with van der Waals surface area (Å²) in [4.78, 5) is 15.2. The van der Waals surface area contributed by atoms with Gasteiger partial charge in [0.15, 0.2) is 0 Å². The van der Waals surface area contributed by atoms with Gasteiger partial charge in [-0.05, 0) is 26.8 Å². The van der Waals surface area contributed by atoms with Gasteiger partial charge in [-0.3, -0.25) is 5.32 Å². The van der Waals surface area contributed by atoms with Gasteiger partial charge in [0.2, 0.25) is 0 Å². The van der Waals surface area contributed by atoms with E-state index in [9.17, 15) is 4.79 Å². The largest absolute Gasteiger partial charge is 0.444 e. The lowest BCUT2D eigenvalue weighted by atomic mass is 10.2. The first-order valence-corrected chi connectivity index (χ1v) is 5.35. The minimum absolute atomic E-state index is 0.134. The Bertz CT molecular complexity index is 402. The van der Waals surface area contributed by atoms with Crippen LogP contribution in [0.3, 0.4) is 0 Å². The van der Waals surface area contributed by atoms with Gasteiger partial charge in [-0.2, -0.15) is 0 Å². The maximum Gasteiger partial charge on any atom is 0.412 e. The topological polar surface area (TPSA) is 51.2 Å². The molecule has 1 aromatic heterocycles. The second-order valence-electron chi connectivity index (χ2n) is 4.09. The molecule has 0 aliphatic heterocycles. The standard InChI is InChI=1S/C10H12Cl2N2O2/c1-10(2,3)16-9(15)14-6-4-5-13-8(12)7(6)11/h4-5H,1-3H3,(H,13,14,15). The van der Waals surface area contributed by atoms with Crippen LogP contribution < -0.4 is 5.32 Å². The van der Waals surface area contributed by atoms with Gasteiger partial charge in [-0.1, -0.05) is 23.2 Å². The van der Waals surface area contributed by atoms with Crippen molar-refractivity contribution in [3.05, 3.63) is 22.4 Å². The summed E-state index contributed by atoms with van der Waals surface area (Å²) in [5.41, 5.74) is -0.191. The average Bonchev–Trinajstić information content (AvgIpc) is 2.09. The van der Waals surface area contributed by atoms with Gasteiger partial charge >= 0.3 is 6.09 Å². The van der Waals surface area contributed by atoms with Crippen molar-refractivity contribution in [2.45, 2.75) is 26.4 Å². The van der Waals surface area contributed by atoms with E-state index >= 15 is 0 Å². The van der Waals surface area contributed by atoms with Crippen molar-refractivity contribution in [2.75, 3.05) is 5.32 Å². The number of ether oxygens (including phenoxy) is 1. The average molecular weight is 263 g/mol. The van der Waals surface area contributed by atoms with Gasteiger partial charge in [-0.15, -0.1) is 0 Å². The third-order valence-electron chi connectivity index (χ3n) is 1.48. The number of pyridine rings is 1. The Morgan fingerprint density at radius 1 is 1.44 bits per heavy atom. The van der Waals surface area contributed by atoms with Gasteiger partial charge in [-0.25, -0.2) is 9.78 Å². The molecule has 1 rings (SSSR count). The van der Waals surface area contributed by atoms with Crippen molar-refractivity contribution in [3.63, 3.8) is 0 Å². The molecule has 1 aromatic rings. The van der Waals surface area contributed by atoms with Crippen LogP contribution in [0.1, 0.15) is 20.8 Å². The number of aromatic nitrogens is 1. The van der Waals surface area contributed by atoms with E-state index < -0.39 is 11.7 Å². The maximum atomic E-state index is 11.4. The predicted molar refractivity (Wildman–Crippen MR) is 64.1 cm³/mol. The summed E-state index contributed by atoms with van der Waals surface area (Å²) in [7, 11) is 0. The molecule has 0 aliphatic rings. The molecule has 0 unspecified atom stereocenters. The number of carbonyl (C=O) groups excluding carboxylic acids is 1. The number of amides is 1. The van der Waals surface area contributed by atoms with Crippen molar-refractivity contribution in [1.82, 2.24) is 4.98 Å². The first-order valence-electron chi connectivity index (χ1n) is 4.59. The molecule has 0 saturated carbocycles. The fourth-order valence-corrected chi connectivity index (χ4v) is 1.25. The van der Waals surface area contributed by atoms with Crippen molar-refractivity contribution in [2.24, 2.45) is 0 Å². The summed E-state index contributed by atoms with van der Waals surface area (Å²) < 4.78 is 5.06. The summed E-state index contributed by atoms with van der Waals surface area (Å²) in [5.74, 6) is 0. The fraction of sp³-hybridized carbons (Fsp3) is 0.400. The molecule has 0 aromatic carbocycles. The van der Waals surface area contributed by atoms with E-state index in [0.29, 0.717) is 5.69 Å². The van der Waals surface area contributed by atoms with Crippen LogP contribution in [-0.2, 0) is 4.74 Å². The number of carbonyl (C=O) groups is 1. The van der Waals surface area contributed by atoms with Crippen LogP contribution in [0, 0.1) is 0 Å². The van der Waals surface area contributed by atoms with Crippen molar-refractivity contribution in [3.8, 4) is 0 Å². The second-order valence-corrected chi connectivity index (χ2v) is 4.83. The van der Waals surface area contributed by atoms with Crippen molar-refractivity contribution in [1.29, 1.82) is 0 Å². The van der Waals surface area contributed by atoms with E-state index in [0.717, 1.165) is 0 Å². The fourth-order valence-electron chi connectivity index (χ4n) is 0.928. The molecule has 0 fully saturated rings. The lowest BCUT2D eigenvalue weighted by molar-refractivity contribution is 0.0636. The van der Waals surface area contributed by atoms with Crippen LogP contribution in [0.2, 0.25) is 10.2 Å². The number of nitrogens with zero attached hydrogens (tertiary/aromatic N) is 1. The smallest absolute Gasteiger partial charge is 0.412 e. The SMILES string of the molecule is CC(C)(C)OC(=O)Nc1ccnc(Cl)c1Cl. The van der Waals surface area contributed by atoms with Gasteiger partial charge in [0.1, 0.15) is 15.8 Å². The first-order chi connectivity index (χ1) is 7.29. The monoisotopic (exact) mass is 262 g/mol. The number of anilines is 1. The van der Waals surface area contributed by atoms with Crippen molar-refractivity contribution >= 4 is 35.0 Å². The molecule has 0 spiro atoms. The Labute approximate surface area is 104 Å². The summed E-state index contributed by atoms with van der Waals surface area (Å²) in [5, 5.41) is 2.81. The first kappa shape index (κ1) is 13.1. The summed E-state index contributed by atoms with van der Waals surface area (Å²) in [6, 6.07) is 1.54. The third kappa shape index (κ3) is 3.87. The Morgan fingerprint density at radius 2 is 2.06 bits per heavy atom. The molecule has 0 saturated heterocycles. The zero-order valence-corrected chi connectivity index (χ0v) is 10.7. The van der Waals surface area contributed by atoms with E-state index in [1.54, 1.807) is 20.8 Å². The summed E-state index contributed by atoms with van der Waals surface area (Å²) >= 11 is 11.5. The lowest BCUT2D eigenvalue weighted by Crippen LogP contribution is -2.27. The minimum atomic E-state index is -0.586. The maximum absolute atomic E-state index is 11.4. The molecule has 1 heterocycles. The van der Waals surface area contributed by atoms with Crippen LogP contribution in [0.25, 0.3) is 0 Å². The van der Waals surface area contributed by atoms with E-state index in [-0.39, 0.29) is 10.2 Å². The van der Waals surface area contributed by atoms with Gasteiger partial charge in [0.25, 0.3) is 0 Å². The van der Waals surface area contributed by atoms with Crippen molar-refractivity contribution < 1.29 is 9.53 Å². The molecular formula is C10H12Cl2N2O2. The number of hydrogen-bond donors (Lipinski definition) is 1. The summed E-state index contributed by atoms with van der Waals surface area (Å²) in [6.07, 6.45) is 0.859. The molecule has 88 valence electrons. The highest BCUT2D eigenvalue weighted by Gasteiger charge is 2.17. The van der Waals surface area contributed by atoms with E-state index in [1.807, 2.05) is 0 Å². The molecule has 6 heteroatoms. The second kappa shape index (κ2) is 4.89. The highest BCUT2D eigenvalue weighted by Crippen LogP contribution is 2.27. The number of halogens is 2. The zero-order valence-electron chi connectivity index (χ0n) is 9.17. The normalized spacial score (nSPS) is 11.1. The van der Waals surface area contributed by atoms with E-state index in [2.05, 4.69) is 10.3 Å². The molecule has 0 radical (unpaired) electrons. The van der Waals surface area contributed by atoms with Crippen LogP contribution in [-0.4, -0.2) is 16.7 Å². The molecule has 1 N–H and O–H groups in total. The third-order valence-corrected chi connectivity index (χ3v) is 2.25. The summed E-state index contributed by atoms with van der Waals surface area (Å²) in [6.45, 7) is 5.31. The number of rotatable bonds is 1. The van der Waals surface area contributed by atoms with Crippen LogP contribution >= 0.6 is 23.2 Å². The Morgan fingerprint density at radius 3 is 2.62 bits per heavy atom. The van der Waals surface area contributed by atoms with E-state index in [1.165, 1.54) is 12.3 Å². The predicted octanol–water partition coefficient (Wildman–Crippen LogP) is 3.74. The minimum Gasteiger partial charge on any atom is -0.444 e. The molecule has 1 amide bonds. The van der Waals surface area contributed by atoms with Gasteiger partial charge in [0.05, 0.1) is 5.69 Å². The molecule has 0 bridgehead atoms. The van der Waals surface area contributed by atoms with Crippen LogP contribution in [0.5, 0.6) is 0 Å². The van der Waals surface area contributed by atoms with Gasteiger partial charge < -0.3 is 4.74 Å². The Balaban J connectivity index is 2.74. The van der Waals surface area contributed by atoms with Crippen LogP contribution in [0.4, 0.5) is 10.5 Å². The molecule has 16 heavy (non-hydrogen) atoms. The molecule has 0 aliphatic carbocycles. The quantitative estimate of drug-likeness (QED) is 0.785. The number of hydrogen-bond acceptors (Lipinski definition) is 3. The Hall–Kier alpha value is -1.00. The zero-order chi connectivity index (χ0) is 12.3. The highest BCUT2D eigenvalue weighted by atomic mass is 35.5. The molecule has 0 atom stereocenters.